The molecular weight excluding hydrogens is 473 g/mol. The standard InChI is InChI=1S/C26H32B2N6.C3H7F/c1-17-15-18(5-6-21(17)32-29-3)20-9-14-34-23(20)22(16-25(2,27)28)31-24(33-34)30-19-7-12-26(13-8-19)10-4-11-26;1-2-3-4/h5-6,9,14-15,19H,4,7-8,10-13,16H2,1-3H3,(H,30,33);2-3H2,1H3. The molecule has 3 aromatic rings. The molecule has 0 aliphatic heterocycles. The molecule has 2 fully saturated rings. The van der Waals surface area contributed by atoms with Crippen LogP contribution in [-0.4, -0.2) is 50.1 Å². The van der Waals surface area contributed by atoms with E-state index in [2.05, 4.69) is 33.7 Å². The van der Waals surface area contributed by atoms with Gasteiger partial charge in [-0.05, 0) is 93.0 Å². The molecule has 4 radical (unpaired) electrons. The van der Waals surface area contributed by atoms with E-state index in [1.165, 1.54) is 44.9 Å². The first kappa shape index (κ1) is 28.3. The monoisotopic (exact) mass is 512 g/mol. The molecule has 2 aliphatic rings. The number of benzene rings is 1. The Morgan fingerprint density at radius 2 is 1.89 bits per heavy atom. The average molecular weight is 512 g/mol. The van der Waals surface area contributed by atoms with Crippen LogP contribution in [0.4, 0.5) is 16.0 Å². The Morgan fingerprint density at radius 1 is 1.18 bits per heavy atom. The minimum Gasteiger partial charge on any atom is -0.350 e. The third-order valence-corrected chi connectivity index (χ3v) is 7.83. The third kappa shape index (κ3) is 6.65. The average Bonchev–Trinajstić information content (AvgIpc) is 3.28. The highest BCUT2D eigenvalue weighted by Gasteiger charge is 2.40. The largest absolute Gasteiger partial charge is 0.350 e. The van der Waals surface area contributed by atoms with Crippen LogP contribution in [0.1, 0.15) is 76.5 Å². The van der Waals surface area contributed by atoms with Gasteiger partial charge in [0, 0.05) is 24.8 Å². The van der Waals surface area contributed by atoms with Crippen LogP contribution in [0.3, 0.4) is 0 Å². The van der Waals surface area contributed by atoms with Gasteiger partial charge in [-0.15, -0.1) is 5.10 Å². The molecule has 2 aliphatic carbocycles. The number of hydrogen-bond acceptors (Lipinski definition) is 5. The van der Waals surface area contributed by atoms with E-state index in [1.54, 1.807) is 14.0 Å². The molecular formula is C29H39B2FN6. The molecule has 0 atom stereocenters. The number of alkyl halides is 1. The molecule has 0 saturated heterocycles. The highest BCUT2D eigenvalue weighted by molar-refractivity contribution is 6.39. The molecule has 0 amide bonds. The Labute approximate surface area is 229 Å². The molecule has 2 aromatic heterocycles. The lowest BCUT2D eigenvalue weighted by Crippen LogP contribution is -2.38. The molecule has 1 aromatic carbocycles. The summed E-state index contributed by atoms with van der Waals surface area (Å²) in [5.41, 5.74) is 6.49. The lowest BCUT2D eigenvalue weighted by atomic mass is 9.54. The molecule has 5 rings (SSSR count). The number of azo groups is 1. The maximum Gasteiger partial charge on any atom is 0.241 e. The van der Waals surface area contributed by atoms with Crippen LogP contribution in [0.5, 0.6) is 0 Å². The van der Waals surface area contributed by atoms with Crippen LogP contribution in [0.15, 0.2) is 40.7 Å². The molecule has 9 heteroatoms. The summed E-state index contributed by atoms with van der Waals surface area (Å²) in [4.78, 5) is 4.94. The smallest absolute Gasteiger partial charge is 0.241 e. The van der Waals surface area contributed by atoms with Crippen molar-refractivity contribution in [1.29, 1.82) is 0 Å². The molecule has 1 spiro atoms. The van der Waals surface area contributed by atoms with Crippen molar-refractivity contribution in [1.82, 2.24) is 14.6 Å². The number of hydrogen-bond donors (Lipinski definition) is 1. The van der Waals surface area contributed by atoms with E-state index in [0.29, 0.717) is 30.2 Å². The number of rotatable bonds is 7. The molecule has 0 bridgehead atoms. The zero-order valence-corrected chi connectivity index (χ0v) is 23.3. The van der Waals surface area contributed by atoms with Crippen LogP contribution in [-0.2, 0) is 6.42 Å². The Hall–Kier alpha value is -2.70. The normalized spacial score (nSPS) is 17.4. The molecule has 0 unspecified atom stereocenters. The highest BCUT2D eigenvalue weighted by atomic mass is 19.1. The van der Waals surface area contributed by atoms with Crippen molar-refractivity contribution in [3.05, 3.63) is 41.7 Å². The summed E-state index contributed by atoms with van der Waals surface area (Å²) in [5.74, 6) is 0.651. The van der Waals surface area contributed by atoms with E-state index in [1.807, 2.05) is 30.6 Å². The van der Waals surface area contributed by atoms with Crippen molar-refractivity contribution < 1.29 is 4.39 Å². The summed E-state index contributed by atoms with van der Waals surface area (Å²) >= 11 is 0. The minimum absolute atomic E-state index is 0.181. The third-order valence-electron chi connectivity index (χ3n) is 7.83. The van der Waals surface area contributed by atoms with Gasteiger partial charge in [0.2, 0.25) is 5.95 Å². The molecule has 38 heavy (non-hydrogen) atoms. The number of anilines is 1. The van der Waals surface area contributed by atoms with Gasteiger partial charge in [-0.2, -0.15) is 10.2 Å². The Morgan fingerprint density at radius 3 is 2.45 bits per heavy atom. The maximum atomic E-state index is 10.7. The lowest BCUT2D eigenvalue weighted by Gasteiger charge is -2.47. The zero-order valence-electron chi connectivity index (χ0n) is 23.3. The number of aromatic nitrogens is 3. The van der Waals surface area contributed by atoms with Gasteiger partial charge in [0.05, 0.1) is 39.3 Å². The van der Waals surface area contributed by atoms with Crippen LogP contribution >= 0.6 is 0 Å². The Bertz CT molecular complexity index is 1250. The minimum atomic E-state index is -0.879. The van der Waals surface area contributed by atoms with Gasteiger partial charge in [-0.3, -0.25) is 4.39 Å². The fraction of sp³-hybridized carbons (Fsp3) is 0.586. The molecule has 2 heterocycles. The number of aryl methyl sites for hydroxylation is 1. The predicted octanol–water partition coefficient (Wildman–Crippen LogP) is 7.32. The van der Waals surface area contributed by atoms with Gasteiger partial charge in [-0.1, -0.05) is 31.5 Å². The number of fused-ring (bicyclic) bond motifs is 1. The SMILES string of the molecule is CCCF.[B]C([B])(C)Cc1nc(NC2CCC3(CCC3)CC2)nn2ccc(-c3ccc(N=NC)c(C)c3)c12. The van der Waals surface area contributed by atoms with E-state index in [9.17, 15) is 4.39 Å². The second-order valence-corrected chi connectivity index (χ2v) is 11.3. The number of nitrogens with one attached hydrogen (secondary N) is 1. The summed E-state index contributed by atoms with van der Waals surface area (Å²) in [6.45, 7) is 5.50. The van der Waals surface area contributed by atoms with Gasteiger partial charge in [0.15, 0.2) is 0 Å². The molecule has 2 saturated carbocycles. The second-order valence-electron chi connectivity index (χ2n) is 11.3. The molecule has 1 N–H and O–H groups in total. The first-order chi connectivity index (χ1) is 18.2. The maximum absolute atomic E-state index is 10.7. The van der Waals surface area contributed by atoms with Crippen molar-refractivity contribution in [2.75, 3.05) is 19.0 Å². The summed E-state index contributed by atoms with van der Waals surface area (Å²) in [7, 11) is 14.2. The molecule has 198 valence electrons. The topological polar surface area (TPSA) is 66.9 Å². The molecule has 6 nitrogen and oxygen atoms in total. The fourth-order valence-corrected chi connectivity index (χ4v) is 5.65. The summed E-state index contributed by atoms with van der Waals surface area (Å²) in [6, 6.07) is 8.67. The van der Waals surface area contributed by atoms with Crippen molar-refractivity contribution in [2.45, 2.75) is 89.8 Å². The van der Waals surface area contributed by atoms with Crippen LogP contribution in [0.2, 0.25) is 5.21 Å². The number of halogens is 1. The lowest BCUT2D eigenvalue weighted by molar-refractivity contribution is 0.0729. The van der Waals surface area contributed by atoms with Crippen molar-refractivity contribution in [3.8, 4) is 11.1 Å². The Balaban J connectivity index is 0.000000786. The Kier molecular flexibility index (Phi) is 8.94. The number of nitrogens with zero attached hydrogens (tertiary/aromatic N) is 5. The van der Waals surface area contributed by atoms with Crippen molar-refractivity contribution in [3.63, 3.8) is 0 Å². The highest BCUT2D eigenvalue weighted by Crippen LogP contribution is 2.51. The van der Waals surface area contributed by atoms with Crippen LogP contribution in [0.25, 0.3) is 16.6 Å². The van der Waals surface area contributed by atoms with Crippen LogP contribution < -0.4 is 5.32 Å². The first-order valence-electron chi connectivity index (χ1n) is 13.9. The van der Waals surface area contributed by atoms with E-state index in [0.717, 1.165) is 33.6 Å². The van der Waals surface area contributed by atoms with E-state index in [4.69, 9.17) is 25.8 Å². The quantitative estimate of drug-likeness (QED) is 0.266. The zero-order chi connectivity index (χ0) is 27.3. The summed E-state index contributed by atoms with van der Waals surface area (Å²) in [5, 5.41) is 15.7. The van der Waals surface area contributed by atoms with E-state index >= 15 is 0 Å². The fourth-order valence-electron chi connectivity index (χ4n) is 5.65. The van der Waals surface area contributed by atoms with Gasteiger partial charge in [0.25, 0.3) is 0 Å². The van der Waals surface area contributed by atoms with Crippen molar-refractivity contribution in [2.24, 2.45) is 15.6 Å². The predicted molar refractivity (Wildman–Crippen MR) is 156 cm³/mol. The summed E-state index contributed by atoms with van der Waals surface area (Å²) < 4.78 is 12.6. The van der Waals surface area contributed by atoms with E-state index in [-0.39, 0.29) is 6.67 Å². The van der Waals surface area contributed by atoms with Gasteiger partial charge < -0.3 is 5.32 Å². The first-order valence-corrected chi connectivity index (χ1v) is 13.9. The van der Waals surface area contributed by atoms with E-state index < -0.39 is 5.21 Å². The van der Waals surface area contributed by atoms with Gasteiger partial charge in [0.1, 0.15) is 0 Å². The summed E-state index contributed by atoms with van der Waals surface area (Å²) in [6.07, 6.45) is 12.3. The van der Waals surface area contributed by atoms with Crippen LogP contribution in [0, 0.1) is 12.3 Å². The van der Waals surface area contributed by atoms with Gasteiger partial charge >= 0.3 is 0 Å². The van der Waals surface area contributed by atoms with Gasteiger partial charge in [-0.25, -0.2) is 9.50 Å². The van der Waals surface area contributed by atoms with Crippen molar-refractivity contribution >= 4 is 32.8 Å². The second kappa shape index (κ2) is 12.0.